The number of carbonyl (C=O) groups excluding carboxylic acids is 1. The summed E-state index contributed by atoms with van der Waals surface area (Å²) in [7, 11) is 0. The molecule has 3 rings (SSSR count). The van der Waals surface area contributed by atoms with Gasteiger partial charge >= 0.3 is 0 Å². The number of carbonyl (C=O) groups is 1. The molecule has 23 heavy (non-hydrogen) atoms. The molecule has 0 saturated heterocycles. The van der Waals surface area contributed by atoms with Gasteiger partial charge in [-0.05, 0) is 49.4 Å². The van der Waals surface area contributed by atoms with Crippen LogP contribution >= 0.6 is 0 Å². The van der Waals surface area contributed by atoms with E-state index in [1.165, 1.54) is 44.6 Å². The normalized spacial score (nSPS) is 14.7. The van der Waals surface area contributed by atoms with Gasteiger partial charge in [-0.3, -0.25) is 4.79 Å². The van der Waals surface area contributed by atoms with E-state index in [0.717, 1.165) is 11.6 Å². The highest BCUT2D eigenvalue weighted by molar-refractivity contribution is 5.98. The Morgan fingerprint density at radius 2 is 1.43 bits per heavy atom. The minimum atomic E-state index is 0.0121. The molecule has 3 nitrogen and oxygen atoms in total. The van der Waals surface area contributed by atoms with E-state index in [-0.39, 0.29) is 5.78 Å². The van der Waals surface area contributed by atoms with Crippen molar-refractivity contribution in [2.24, 2.45) is 0 Å². The first-order valence-corrected chi connectivity index (χ1v) is 8.29. The number of nitrogens with two attached hydrogens (primary N) is 2. The summed E-state index contributed by atoms with van der Waals surface area (Å²) < 4.78 is 0. The summed E-state index contributed by atoms with van der Waals surface area (Å²) >= 11 is 0. The second-order valence-electron chi connectivity index (χ2n) is 6.11. The van der Waals surface area contributed by atoms with E-state index in [2.05, 4.69) is 12.1 Å². The van der Waals surface area contributed by atoms with Crippen LogP contribution in [0.2, 0.25) is 0 Å². The fraction of sp³-hybridized carbons (Fsp3) is 0.350. The summed E-state index contributed by atoms with van der Waals surface area (Å²) in [5.41, 5.74) is 15.0. The molecule has 1 aliphatic carbocycles. The predicted octanol–water partition coefficient (Wildman–Crippen LogP) is 4.79. The summed E-state index contributed by atoms with van der Waals surface area (Å²) in [6.07, 6.45) is 6.81. The third kappa shape index (κ3) is 4.85. The van der Waals surface area contributed by atoms with Gasteiger partial charge in [0, 0.05) is 16.9 Å². The molecule has 2 aromatic carbocycles. The number of para-hydroxylation sites is 2. The number of hydrogen-bond acceptors (Lipinski definition) is 3. The first-order valence-electron chi connectivity index (χ1n) is 8.29. The first kappa shape index (κ1) is 17.1. The topological polar surface area (TPSA) is 69.1 Å². The third-order valence-electron chi connectivity index (χ3n) is 4.38. The SMILES string of the molecule is CC(=O)c1ccccc1N.Nc1ccccc1C1CCCCC1. The lowest BCUT2D eigenvalue weighted by molar-refractivity contribution is 0.101. The lowest BCUT2D eigenvalue weighted by Gasteiger charge is -2.23. The van der Waals surface area contributed by atoms with E-state index < -0.39 is 0 Å². The molecule has 3 heteroatoms. The van der Waals surface area contributed by atoms with Crippen molar-refractivity contribution in [3.63, 3.8) is 0 Å². The number of rotatable bonds is 2. The van der Waals surface area contributed by atoms with Gasteiger partial charge in [-0.1, -0.05) is 49.6 Å². The molecule has 0 amide bonds. The average molecular weight is 310 g/mol. The second-order valence-corrected chi connectivity index (χ2v) is 6.11. The number of benzene rings is 2. The molecule has 122 valence electrons. The van der Waals surface area contributed by atoms with Crippen molar-refractivity contribution in [1.82, 2.24) is 0 Å². The number of anilines is 2. The second kappa shape index (κ2) is 8.37. The fourth-order valence-electron chi connectivity index (χ4n) is 3.11. The van der Waals surface area contributed by atoms with E-state index >= 15 is 0 Å². The molecule has 0 atom stereocenters. The standard InChI is InChI=1S/C12H17N.C8H9NO/c13-12-9-5-4-8-11(12)10-6-2-1-3-7-10;1-6(10)7-4-2-3-5-8(7)9/h4-5,8-10H,1-3,6-7,13H2;2-5H,9H2,1H3. The minimum absolute atomic E-state index is 0.0121. The van der Waals surface area contributed by atoms with Gasteiger partial charge < -0.3 is 11.5 Å². The van der Waals surface area contributed by atoms with Crippen molar-refractivity contribution in [2.45, 2.75) is 44.9 Å². The first-order chi connectivity index (χ1) is 11.1. The highest BCUT2D eigenvalue weighted by atomic mass is 16.1. The van der Waals surface area contributed by atoms with Gasteiger partial charge in [0.2, 0.25) is 0 Å². The van der Waals surface area contributed by atoms with E-state index in [1.807, 2.05) is 18.2 Å². The lowest BCUT2D eigenvalue weighted by Crippen LogP contribution is -2.06. The van der Waals surface area contributed by atoms with Crippen LogP contribution < -0.4 is 11.5 Å². The zero-order valence-electron chi connectivity index (χ0n) is 13.8. The monoisotopic (exact) mass is 310 g/mol. The third-order valence-corrected chi connectivity index (χ3v) is 4.38. The van der Waals surface area contributed by atoms with Crippen molar-refractivity contribution in [3.8, 4) is 0 Å². The van der Waals surface area contributed by atoms with Gasteiger partial charge in [0.05, 0.1) is 0 Å². The Bertz CT molecular complexity index is 646. The Morgan fingerprint density at radius 3 is 1.96 bits per heavy atom. The van der Waals surface area contributed by atoms with Crippen LogP contribution in [0.1, 0.15) is 60.9 Å². The summed E-state index contributed by atoms with van der Waals surface area (Å²) in [6, 6.07) is 15.4. The smallest absolute Gasteiger partial charge is 0.161 e. The number of Topliss-reactive ketones (excluding diaryl/α,β-unsaturated/α-hetero) is 1. The Balaban J connectivity index is 0.000000174. The van der Waals surface area contributed by atoms with Crippen LogP contribution in [0.25, 0.3) is 0 Å². The molecule has 1 fully saturated rings. The van der Waals surface area contributed by atoms with Gasteiger partial charge in [0.1, 0.15) is 0 Å². The van der Waals surface area contributed by atoms with E-state index in [9.17, 15) is 4.79 Å². The largest absolute Gasteiger partial charge is 0.398 e. The average Bonchev–Trinajstić information content (AvgIpc) is 2.57. The molecule has 1 saturated carbocycles. The molecule has 4 N–H and O–H groups in total. The van der Waals surface area contributed by atoms with E-state index in [0.29, 0.717) is 11.3 Å². The van der Waals surface area contributed by atoms with Crippen LogP contribution in [0.4, 0.5) is 11.4 Å². The molecule has 0 unspecified atom stereocenters. The molecule has 0 aliphatic heterocycles. The van der Waals surface area contributed by atoms with Crippen LogP contribution in [0, 0.1) is 0 Å². The van der Waals surface area contributed by atoms with E-state index in [1.54, 1.807) is 18.2 Å². The van der Waals surface area contributed by atoms with E-state index in [4.69, 9.17) is 11.5 Å². The highest BCUT2D eigenvalue weighted by Crippen LogP contribution is 2.34. The predicted molar refractivity (Wildman–Crippen MR) is 97.5 cm³/mol. The Morgan fingerprint density at radius 1 is 0.870 bits per heavy atom. The van der Waals surface area contributed by atoms with Crippen LogP contribution in [0.3, 0.4) is 0 Å². The van der Waals surface area contributed by atoms with Crippen molar-refractivity contribution < 1.29 is 4.79 Å². The summed E-state index contributed by atoms with van der Waals surface area (Å²) in [5.74, 6) is 0.744. The molecule has 2 aromatic rings. The van der Waals surface area contributed by atoms with Gasteiger partial charge in [0.25, 0.3) is 0 Å². The molecular formula is C20H26N2O. The lowest BCUT2D eigenvalue weighted by atomic mass is 9.83. The van der Waals surface area contributed by atoms with Crippen LogP contribution in [-0.4, -0.2) is 5.78 Å². The van der Waals surface area contributed by atoms with Gasteiger partial charge in [0.15, 0.2) is 5.78 Å². The Hall–Kier alpha value is -2.29. The number of ketones is 1. The molecular weight excluding hydrogens is 284 g/mol. The Kier molecular flexibility index (Phi) is 6.21. The molecule has 0 radical (unpaired) electrons. The molecule has 0 heterocycles. The van der Waals surface area contributed by atoms with Crippen molar-refractivity contribution in [1.29, 1.82) is 0 Å². The fourth-order valence-corrected chi connectivity index (χ4v) is 3.11. The molecule has 0 spiro atoms. The zero-order chi connectivity index (χ0) is 16.7. The zero-order valence-corrected chi connectivity index (χ0v) is 13.8. The maximum Gasteiger partial charge on any atom is 0.161 e. The highest BCUT2D eigenvalue weighted by Gasteiger charge is 2.16. The summed E-state index contributed by atoms with van der Waals surface area (Å²) in [5, 5.41) is 0. The molecule has 1 aliphatic rings. The van der Waals surface area contributed by atoms with Crippen molar-refractivity contribution in [2.75, 3.05) is 11.5 Å². The van der Waals surface area contributed by atoms with Crippen molar-refractivity contribution >= 4 is 17.2 Å². The quantitative estimate of drug-likeness (QED) is 0.619. The van der Waals surface area contributed by atoms with Crippen LogP contribution in [0.15, 0.2) is 48.5 Å². The van der Waals surface area contributed by atoms with Gasteiger partial charge in [-0.15, -0.1) is 0 Å². The minimum Gasteiger partial charge on any atom is -0.398 e. The van der Waals surface area contributed by atoms with Crippen LogP contribution in [0.5, 0.6) is 0 Å². The molecule has 0 bridgehead atoms. The molecule has 0 aromatic heterocycles. The summed E-state index contributed by atoms with van der Waals surface area (Å²) in [4.78, 5) is 10.8. The van der Waals surface area contributed by atoms with Crippen LogP contribution in [-0.2, 0) is 0 Å². The number of nitrogen functional groups attached to an aromatic ring is 2. The maximum atomic E-state index is 10.8. The maximum absolute atomic E-state index is 10.8. The number of hydrogen-bond donors (Lipinski definition) is 2. The summed E-state index contributed by atoms with van der Waals surface area (Å²) in [6.45, 7) is 1.51. The Labute approximate surface area is 138 Å². The van der Waals surface area contributed by atoms with Crippen molar-refractivity contribution in [3.05, 3.63) is 59.7 Å². The van der Waals surface area contributed by atoms with Gasteiger partial charge in [-0.2, -0.15) is 0 Å². The van der Waals surface area contributed by atoms with Gasteiger partial charge in [-0.25, -0.2) is 0 Å².